The molecule has 0 heterocycles. The highest BCUT2D eigenvalue weighted by Crippen LogP contribution is 2.08. The summed E-state index contributed by atoms with van der Waals surface area (Å²) in [6.07, 6.45) is 0.735. The molecule has 0 rings (SSSR count). The summed E-state index contributed by atoms with van der Waals surface area (Å²) >= 11 is 0. The third-order valence-electron chi connectivity index (χ3n) is 1.54. The number of ether oxygens (including phenoxy) is 1. The Morgan fingerprint density at radius 1 is 1.60 bits per heavy atom. The van der Waals surface area contributed by atoms with Crippen LogP contribution in [0.3, 0.4) is 0 Å². The number of aliphatic hydroxyl groups excluding tert-OH is 1. The van der Waals surface area contributed by atoms with Crippen molar-refractivity contribution in [3.63, 3.8) is 0 Å². The molecular formula is C9H18BNO4. The second-order valence-electron chi connectivity index (χ2n) is 4.24. The molecule has 0 fully saturated rings. The number of nitrogens with one attached hydrogen (secondary N) is 1. The van der Waals surface area contributed by atoms with Crippen molar-refractivity contribution < 1.29 is 19.4 Å². The molecule has 0 aromatic rings. The Balaban J connectivity index is 3.95. The predicted octanol–water partition coefficient (Wildman–Crippen LogP) is -0.790. The van der Waals surface area contributed by atoms with E-state index in [-0.39, 0.29) is 26.4 Å². The van der Waals surface area contributed by atoms with Gasteiger partial charge in [-0.15, -0.1) is 0 Å². The van der Waals surface area contributed by atoms with Crippen LogP contribution >= 0.6 is 0 Å². The van der Waals surface area contributed by atoms with Crippen molar-refractivity contribution in [2.75, 3.05) is 6.61 Å². The smallest absolute Gasteiger partial charge is 0.307 e. The van der Waals surface area contributed by atoms with Gasteiger partial charge in [-0.2, -0.15) is 0 Å². The molecule has 1 atom stereocenters. The molecule has 0 aliphatic carbocycles. The number of carbonyl (C=O) groups excluding carboxylic acids is 2. The van der Waals surface area contributed by atoms with Crippen molar-refractivity contribution in [2.24, 2.45) is 0 Å². The fraction of sp³-hybridized carbons (Fsp3) is 0.778. The molecule has 0 saturated heterocycles. The molecule has 6 heteroatoms. The van der Waals surface area contributed by atoms with Crippen LogP contribution in [0.4, 0.5) is 0 Å². The SMILES string of the molecule is CC(C)(C)OC(=O)C[C@@H](CO)NBC=O. The van der Waals surface area contributed by atoms with E-state index in [4.69, 9.17) is 9.84 Å². The Morgan fingerprint density at radius 3 is 2.60 bits per heavy atom. The zero-order valence-corrected chi connectivity index (χ0v) is 9.45. The van der Waals surface area contributed by atoms with Gasteiger partial charge in [0.05, 0.1) is 19.2 Å². The molecule has 0 aromatic carbocycles. The van der Waals surface area contributed by atoms with Gasteiger partial charge in [0.1, 0.15) is 5.60 Å². The number of carbonyl (C=O) groups is 2. The maximum absolute atomic E-state index is 11.3. The standard InChI is InChI=1S/C9H18BNO4/c1-9(2,3)15-8(14)4-7(5-12)11-10-6-13/h6-7,10-12H,4-5H2,1-3H3/t7-/m0/s1. The molecular weight excluding hydrogens is 197 g/mol. The molecule has 0 bridgehead atoms. The number of rotatable bonds is 6. The first kappa shape index (κ1) is 14.1. The first-order chi connectivity index (χ1) is 6.89. The second kappa shape index (κ2) is 6.58. The van der Waals surface area contributed by atoms with E-state index >= 15 is 0 Å². The number of esters is 1. The highest BCUT2D eigenvalue weighted by molar-refractivity contribution is 6.64. The van der Waals surface area contributed by atoms with Crippen molar-refractivity contribution in [3.8, 4) is 0 Å². The van der Waals surface area contributed by atoms with Gasteiger partial charge in [0, 0.05) is 6.04 Å². The monoisotopic (exact) mass is 215 g/mol. The molecule has 0 saturated carbocycles. The molecule has 0 radical (unpaired) electrons. The fourth-order valence-electron chi connectivity index (χ4n) is 1.00. The summed E-state index contributed by atoms with van der Waals surface area (Å²) < 4.78 is 5.07. The van der Waals surface area contributed by atoms with Gasteiger partial charge in [-0.05, 0) is 20.8 Å². The molecule has 15 heavy (non-hydrogen) atoms. The Hall–Kier alpha value is -0.875. The van der Waals surface area contributed by atoms with Crippen LogP contribution in [0.15, 0.2) is 0 Å². The lowest BCUT2D eigenvalue weighted by Crippen LogP contribution is -2.39. The van der Waals surface area contributed by atoms with Crippen LogP contribution in [0.25, 0.3) is 0 Å². The van der Waals surface area contributed by atoms with Gasteiger partial charge in [-0.25, -0.2) is 0 Å². The van der Waals surface area contributed by atoms with E-state index in [0.29, 0.717) is 6.19 Å². The van der Waals surface area contributed by atoms with Crippen LogP contribution in [-0.4, -0.2) is 42.9 Å². The predicted molar refractivity (Wildman–Crippen MR) is 58.4 cm³/mol. The summed E-state index contributed by atoms with van der Waals surface area (Å²) in [5.74, 6) is -0.389. The third-order valence-corrected chi connectivity index (χ3v) is 1.54. The number of aliphatic hydroxyl groups is 1. The minimum absolute atomic E-state index is 0.0572. The van der Waals surface area contributed by atoms with Crippen molar-refractivity contribution in [1.29, 1.82) is 0 Å². The number of hydrogen-bond donors (Lipinski definition) is 2. The van der Waals surface area contributed by atoms with Gasteiger partial charge in [0.2, 0.25) is 0 Å². The number of hydrogen-bond acceptors (Lipinski definition) is 5. The summed E-state index contributed by atoms with van der Waals surface area (Å²) in [4.78, 5) is 21.4. The topological polar surface area (TPSA) is 75.6 Å². The van der Waals surface area contributed by atoms with E-state index in [1.54, 1.807) is 20.8 Å². The van der Waals surface area contributed by atoms with Crippen LogP contribution in [0, 0.1) is 0 Å². The van der Waals surface area contributed by atoms with E-state index in [1.165, 1.54) is 0 Å². The minimum atomic E-state index is -0.526. The molecule has 0 aromatic heterocycles. The van der Waals surface area contributed by atoms with E-state index in [1.807, 2.05) is 0 Å². The van der Waals surface area contributed by atoms with E-state index < -0.39 is 11.6 Å². The first-order valence-electron chi connectivity index (χ1n) is 4.88. The average Bonchev–Trinajstić information content (AvgIpc) is 2.09. The van der Waals surface area contributed by atoms with Crippen molar-refractivity contribution in [3.05, 3.63) is 0 Å². The lowest BCUT2D eigenvalue weighted by Gasteiger charge is -2.21. The van der Waals surface area contributed by atoms with Crippen LogP contribution in [0.5, 0.6) is 0 Å². The Morgan fingerprint density at radius 2 is 2.20 bits per heavy atom. The molecule has 0 amide bonds. The van der Waals surface area contributed by atoms with E-state index in [0.717, 1.165) is 0 Å². The molecule has 0 aliphatic heterocycles. The van der Waals surface area contributed by atoms with E-state index in [9.17, 15) is 9.59 Å². The lowest BCUT2D eigenvalue weighted by atomic mass is 9.96. The Bertz CT molecular complexity index is 215. The average molecular weight is 215 g/mol. The maximum atomic E-state index is 11.3. The lowest BCUT2D eigenvalue weighted by molar-refractivity contribution is -0.155. The van der Waals surface area contributed by atoms with Gasteiger partial charge in [-0.1, -0.05) is 0 Å². The Labute approximate surface area is 90.4 Å². The summed E-state index contributed by atoms with van der Waals surface area (Å²) in [5.41, 5.74) is -0.526. The summed E-state index contributed by atoms with van der Waals surface area (Å²) in [6.45, 7) is 5.13. The zero-order valence-electron chi connectivity index (χ0n) is 9.45. The van der Waals surface area contributed by atoms with Crippen molar-refractivity contribution in [1.82, 2.24) is 5.23 Å². The third kappa shape index (κ3) is 8.14. The van der Waals surface area contributed by atoms with Gasteiger partial charge in [0.15, 0.2) is 0 Å². The van der Waals surface area contributed by atoms with Crippen LogP contribution < -0.4 is 5.23 Å². The highest BCUT2D eigenvalue weighted by Gasteiger charge is 2.19. The van der Waals surface area contributed by atoms with E-state index in [2.05, 4.69) is 5.23 Å². The summed E-state index contributed by atoms with van der Waals surface area (Å²) in [6, 6.07) is -0.426. The molecule has 0 aliphatic rings. The van der Waals surface area contributed by atoms with Gasteiger partial charge in [-0.3, -0.25) is 4.79 Å². The summed E-state index contributed by atoms with van der Waals surface area (Å²) in [5, 5.41) is 11.6. The highest BCUT2D eigenvalue weighted by atomic mass is 16.6. The van der Waals surface area contributed by atoms with Crippen molar-refractivity contribution in [2.45, 2.75) is 38.8 Å². The quantitative estimate of drug-likeness (QED) is 0.345. The van der Waals surface area contributed by atoms with Crippen molar-refractivity contribution >= 4 is 19.6 Å². The first-order valence-corrected chi connectivity index (χ1v) is 4.88. The molecule has 0 unspecified atom stereocenters. The zero-order chi connectivity index (χ0) is 11.9. The fourth-order valence-corrected chi connectivity index (χ4v) is 1.00. The van der Waals surface area contributed by atoms with Crippen LogP contribution in [0.1, 0.15) is 27.2 Å². The molecule has 86 valence electrons. The maximum Gasteiger partial charge on any atom is 0.307 e. The van der Waals surface area contributed by atoms with Gasteiger partial charge in [0.25, 0.3) is 7.41 Å². The Kier molecular flexibility index (Phi) is 6.20. The largest absolute Gasteiger partial charge is 0.460 e. The minimum Gasteiger partial charge on any atom is -0.460 e. The molecule has 5 nitrogen and oxygen atoms in total. The normalized spacial score (nSPS) is 13.1. The molecule has 2 N–H and O–H groups in total. The van der Waals surface area contributed by atoms with Gasteiger partial charge >= 0.3 is 5.97 Å². The van der Waals surface area contributed by atoms with Crippen LogP contribution in [-0.2, 0) is 14.3 Å². The summed E-state index contributed by atoms with van der Waals surface area (Å²) in [7, 11) is 0.119. The molecule has 0 spiro atoms. The second-order valence-corrected chi connectivity index (χ2v) is 4.24. The van der Waals surface area contributed by atoms with Gasteiger partial charge < -0.3 is 19.9 Å². The van der Waals surface area contributed by atoms with Crippen LogP contribution in [0.2, 0.25) is 0 Å².